The lowest BCUT2D eigenvalue weighted by Crippen LogP contribution is -2.46. The van der Waals surface area contributed by atoms with Crippen LogP contribution in [0.5, 0.6) is 0 Å². The summed E-state index contributed by atoms with van der Waals surface area (Å²) in [5.74, 6) is -0.427. The number of amides is 2. The second kappa shape index (κ2) is 9.96. The first-order valence-electron chi connectivity index (χ1n) is 7.20. The zero-order valence-corrected chi connectivity index (χ0v) is 13.5. The summed E-state index contributed by atoms with van der Waals surface area (Å²) in [6, 6.07) is -0.222. The van der Waals surface area contributed by atoms with Crippen LogP contribution in [0.1, 0.15) is 34.6 Å². The molecule has 120 valence electrons. The first-order chi connectivity index (χ1) is 9.88. The molecule has 0 aromatic carbocycles. The fourth-order valence-corrected chi connectivity index (χ4v) is 2.00. The molecule has 1 atom stereocenters. The highest BCUT2D eigenvalue weighted by molar-refractivity contribution is 5.88. The van der Waals surface area contributed by atoms with E-state index in [0.29, 0.717) is 25.1 Å². The summed E-state index contributed by atoms with van der Waals surface area (Å²) in [5.41, 5.74) is 0.477. The van der Waals surface area contributed by atoms with Crippen molar-refractivity contribution < 1.29 is 19.1 Å². The minimum absolute atomic E-state index is 0.0488. The molecule has 0 rings (SSSR count). The molecule has 6 heteroatoms. The first kappa shape index (κ1) is 19.1. The molecule has 2 amide bonds. The van der Waals surface area contributed by atoms with Gasteiger partial charge in [-0.05, 0) is 26.7 Å². The van der Waals surface area contributed by atoms with Crippen molar-refractivity contribution in [1.82, 2.24) is 10.2 Å². The summed E-state index contributed by atoms with van der Waals surface area (Å²) in [6.07, 6.45) is 2.25. The van der Waals surface area contributed by atoms with Gasteiger partial charge in [0.1, 0.15) is 0 Å². The number of carbonyl (C=O) groups excluding carboxylic acids is 3. The number of nitrogens with zero attached hydrogens (tertiary/aromatic N) is 1. The number of likely N-dealkylation sites (N-methyl/N-ethyl adjacent to an activating group) is 1. The Bertz CT molecular complexity index is 391. The molecule has 0 bridgehead atoms. The van der Waals surface area contributed by atoms with E-state index in [4.69, 9.17) is 4.74 Å². The molecule has 0 saturated heterocycles. The molecule has 0 spiro atoms. The molecule has 0 fully saturated rings. The van der Waals surface area contributed by atoms with Crippen LogP contribution in [0.25, 0.3) is 0 Å². The lowest BCUT2D eigenvalue weighted by Gasteiger charge is -2.32. The third-order valence-corrected chi connectivity index (χ3v) is 3.06. The van der Waals surface area contributed by atoms with Crippen LogP contribution in [0.15, 0.2) is 11.6 Å². The van der Waals surface area contributed by atoms with Crippen molar-refractivity contribution in [2.75, 3.05) is 19.7 Å². The van der Waals surface area contributed by atoms with Crippen LogP contribution in [-0.2, 0) is 19.1 Å². The SMILES string of the molecule is CCOC(=O)/C(C)=C/[C@H](C(C)C)N(CC)C(=O)CNC=O. The Labute approximate surface area is 126 Å². The van der Waals surface area contributed by atoms with E-state index in [-0.39, 0.29) is 30.4 Å². The maximum atomic E-state index is 12.1. The van der Waals surface area contributed by atoms with Gasteiger partial charge in [0.25, 0.3) is 0 Å². The molecule has 0 aliphatic rings. The van der Waals surface area contributed by atoms with Gasteiger partial charge in [0, 0.05) is 12.1 Å². The average molecular weight is 298 g/mol. The molecule has 0 aromatic heterocycles. The summed E-state index contributed by atoms with van der Waals surface area (Å²) in [4.78, 5) is 35.8. The predicted molar refractivity (Wildman–Crippen MR) is 80.5 cm³/mol. The van der Waals surface area contributed by atoms with Gasteiger partial charge in [0.15, 0.2) is 0 Å². The highest BCUT2D eigenvalue weighted by atomic mass is 16.5. The molecule has 0 unspecified atom stereocenters. The molecule has 6 nitrogen and oxygen atoms in total. The van der Waals surface area contributed by atoms with Crippen LogP contribution in [0.3, 0.4) is 0 Å². The fraction of sp³-hybridized carbons (Fsp3) is 0.667. The number of rotatable bonds is 9. The quantitative estimate of drug-likeness (QED) is 0.393. The van der Waals surface area contributed by atoms with Crippen molar-refractivity contribution in [3.63, 3.8) is 0 Å². The second-order valence-electron chi connectivity index (χ2n) is 4.98. The van der Waals surface area contributed by atoms with E-state index in [1.165, 1.54) is 0 Å². The average Bonchev–Trinajstić information content (AvgIpc) is 2.44. The topological polar surface area (TPSA) is 75.7 Å². The van der Waals surface area contributed by atoms with E-state index in [9.17, 15) is 14.4 Å². The van der Waals surface area contributed by atoms with Crippen molar-refractivity contribution in [1.29, 1.82) is 0 Å². The molecule has 0 heterocycles. The minimum atomic E-state index is -0.377. The van der Waals surface area contributed by atoms with Crippen molar-refractivity contribution in [2.45, 2.75) is 40.7 Å². The number of ether oxygens (including phenoxy) is 1. The van der Waals surface area contributed by atoms with Crippen LogP contribution >= 0.6 is 0 Å². The molecule has 0 radical (unpaired) electrons. The Balaban J connectivity index is 5.16. The third kappa shape index (κ3) is 6.42. The summed E-state index contributed by atoms with van der Waals surface area (Å²) < 4.78 is 4.95. The first-order valence-corrected chi connectivity index (χ1v) is 7.20. The summed E-state index contributed by atoms with van der Waals surface area (Å²) >= 11 is 0. The van der Waals surface area contributed by atoms with E-state index < -0.39 is 0 Å². The smallest absolute Gasteiger partial charge is 0.333 e. The minimum Gasteiger partial charge on any atom is -0.463 e. The van der Waals surface area contributed by atoms with Gasteiger partial charge >= 0.3 is 5.97 Å². The van der Waals surface area contributed by atoms with Crippen LogP contribution in [0, 0.1) is 5.92 Å². The maximum Gasteiger partial charge on any atom is 0.333 e. The number of esters is 1. The van der Waals surface area contributed by atoms with Crippen molar-refractivity contribution in [3.05, 3.63) is 11.6 Å². The second-order valence-corrected chi connectivity index (χ2v) is 4.98. The van der Waals surface area contributed by atoms with Gasteiger partial charge in [-0.1, -0.05) is 19.9 Å². The maximum absolute atomic E-state index is 12.1. The third-order valence-electron chi connectivity index (χ3n) is 3.06. The Morgan fingerprint density at radius 2 is 1.90 bits per heavy atom. The zero-order chi connectivity index (χ0) is 16.4. The fourth-order valence-electron chi connectivity index (χ4n) is 2.00. The van der Waals surface area contributed by atoms with Crippen LogP contribution < -0.4 is 5.32 Å². The molecule has 0 aromatic rings. The van der Waals surface area contributed by atoms with Crippen molar-refractivity contribution >= 4 is 18.3 Å². The van der Waals surface area contributed by atoms with Gasteiger partial charge < -0.3 is 15.0 Å². The Morgan fingerprint density at radius 3 is 2.33 bits per heavy atom. The molecule has 0 saturated carbocycles. The van der Waals surface area contributed by atoms with E-state index >= 15 is 0 Å². The van der Waals surface area contributed by atoms with Crippen molar-refractivity contribution in [2.24, 2.45) is 5.92 Å². The Kier molecular flexibility index (Phi) is 9.08. The largest absolute Gasteiger partial charge is 0.463 e. The Hall–Kier alpha value is -1.85. The van der Waals surface area contributed by atoms with E-state index in [2.05, 4.69) is 5.32 Å². The van der Waals surface area contributed by atoms with Gasteiger partial charge in [-0.2, -0.15) is 0 Å². The number of hydrogen-bond donors (Lipinski definition) is 1. The standard InChI is InChI=1S/C15H26N2O4/c1-6-17(14(19)9-16-10-18)13(11(3)4)8-12(5)15(20)21-7-2/h8,10-11,13H,6-7,9H2,1-5H3,(H,16,18)/b12-8+/t13-/m1/s1. The zero-order valence-electron chi connectivity index (χ0n) is 13.5. The van der Waals surface area contributed by atoms with Gasteiger partial charge in [0.05, 0.1) is 19.2 Å². The highest BCUT2D eigenvalue weighted by Gasteiger charge is 2.24. The molecular formula is C15H26N2O4. The molecule has 0 aliphatic heterocycles. The number of carbonyl (C=O) groups is 3. The Morgan fingerprint density at radius 1 is 1.29 bits per heavy atom. The van der Waals surface area contributed by atoms with Gasteiger partial charge in [-0.25, -0.2) is 4.79 Å². The number of hydrogen-bond acceptors (Lipinski definition) is 4. The van der Waals surface area contributed by atoms with Gasteiger partial charge in [-0.15, -0.1) is 0 Å². The molecule has 1 N–H and O–H groups in total. The summed E-state index contributed by atoms with van der Waals surface area (Å²) in [6.45, 7) is 10.00. The highest BCUT2D eigenvalue weighted by Crippen LogP contribution is 2.15. The summed E-state index contributed by atoms with van der Waals surface area (Å²) in [5, 5.41) is 2.37. The van der Waals surface area contributed by atoms with E-state index in [1.54, 1.807) is 24.8 Å². The van der Waals surface area contributed by atoms with Gasteiger partial charge in [-0.3, -0.25) is 9.59 Å². The molecular weight excluding hydrogens is 272 g/mol. The van der Waals surface area contributed by atoms with E-state index in [0.717, 1.165) is 0 Å². The van der Waals surface area contributed by atoms with E-state index in [1.807, 2.05) is 20.8 Å². The predicted octanol–water partition coefficient (Wildman–Crippen LogP) is 1.11. The van der Waals surface area contributed by atoms with Gasteiger partial charge in [0.2, 0.25) is 12.3 Å². The summed E-state index contributed by atoms with van der Waals surface area (Å²) in [7, 11) is 0. The van der Waals surface area contributed by atoms with Crippen LogP contribution in [-0.4, -0.2) is 48.9 Å². The van der Waals surface area contributed by atoms with Crippen molar-refractivity contribution in [3.8, 4) is 0 Å². The van der Waals surface area contributed by atoms with Crippen LogP contribution in [0.2, 0.25) is 0 Å². The lowest BCUT2D eigenvalue weighted by atomic mass is 9.99. The number of nitrogens with one attached hydrogen (secondary N) is 1. The lowest BCUT2D eigenvalue weighted by molar-refractivity contribution is -0.138. The monoisotopic (exact) mass is 298 g/mol. The van der Waals surface area contributed by atoms with Crippen LogP contribution in [0.4, 0.5) is 0 Å². The molecule has 0 aliphatic carbocycles. The normalized spacial score (nSPS) is 12.8. The molecule has 21 heavy (non-hydrogen) atoms.